The smallest absolute Gasteiger partial charge is 0.410 e. The molecule has 2 aliphatic heterocycles. The molecule has 2 atom stereocenters. The Morgan fingerprint density at radius 2 is 2.50 bits per heavy atom. The topological polar surface area (TPSA) is 55.6 Å². The standard InChI is InChI=1S/C6H10N2O2/c7-4-1-5-3-10-6(9)8(5)2-4/h4-5H,1-3,7H2/t4-,5+/m1/s1. The minimum Gasteiger partial charge on any atom is -0.447 e. The van der Waals surface area contributed by atoms with Crippen molar-refractivity contribution in [2.24, 2.45) is 5.73 Å². The molecule has 1 amide bonds. The summed E-state index contributed by atoms with van der Waals surface area (Å²) < 4.78 is 4.80. The second kappa shape index (κ2) is 1.85. The fraction of sp³-hybridized carbons (Fsp3) is 0.833. The Bertz CT molecular complexity index is 171. The molecule has 2 N–H and O–H groups in total. The summed E-state index contributed by atoms with van der Waals surface area (Å²) in [5.41, 5.74) is 5.64. The summed E-state index contributed by atoms with van der Waals surface area (Å²) in [5.74, 6) is 0. The first kappa shape index (κ1) is 5.97. The van der Waals surface area contributed by atoms with Crippen LogP contribution < -0.4 is 5.73 Å². The molecular formula is C6H10N2O2. The summed E-state index contributed by atoms with van der Waals surface area (Å²) in [5, 5.41) is 0. The fourth-order valence-corrected chi connectivity index (χ4v) is 1.58. The van der Waals surface area contributed by atoms with Crippen LogP contribution >= 0.6 is 0 Å². The van der Waals surface area contributed by atoms with E-state index in [-0.39, 0.29) is 18.2 Å². The Morgan fingerprint density at radius 1 is 1.70 bits per heavy atom. The lowest BCUT2D eigenvalue weighted by Gasteiger charge is -2.08. The number of fused-ring (bicyclic) bond motifs is 1. The van der Waals surface area contributed by atoms with Gasteiger partial charge in [-0.1, -0.05) is 0 Å². The van der Waals surface area contributed by atoms with Crippen LogP contribution in [0.15, 0.2) is 0 Å². The van der Waals surface area contributed by atoms with Crippen molar-refractivity contribution in [3.8, 4) is 0 Å². The highest BCUT2D eigenvalue weighted by molar-refractivity contribution is 5.70. The average Bonchev–Trinajstić information content (AvgIpc) is 2.35. The van der Waals surface area contributed by atoms with E-state index in [9.17, 15) is 4.79 Å². The third-order valence-electron chi connectivity index (χ3n) is 2.08. The molecule has 2 saturated heterocycles. The monoisotopic (exact) mass is 142 g/mol. The zero-order valence-electron chi connectivity index (χ0n) is 5.62. The van der Waals surface area contributed by atoms with Gasteiger partial charge in [-0.3, -0.25) is 0 Å². The maximum absolute atomic E-state index is 10.8. The van der Waals surface area contributed by atoms with Crippen molar-refractivity contribution >= 4 is 6.09 Å². The Kier molecular flexibility index (Phi) is 1.11. The van der Waals surface area contributed by atoms with Crippen LogP contribution in [0.4, 0.5) is 4.79 Å². The number of nitrogens with two attached hydrogens (primary N) is 1. The SMILES string of the molecule is N[C@@H]1C[C@H]2COC(=O)N2C1. The van der Waals surface area contributed by atoms with Crippen LogP contribution in [0, 0.1) is 0 Å². The van der Waals surface area contributed by atoms with E-state index in [1.54, 1.807) is 4.90 Å². The van der Waals surface area contributed by atoms with E-state index in [2.05, 4.69) is 0 Å². The molecule has 0 bridgehead atoms. The minimum atomic E-state index is -0.196. The minimum absolute atomic E-state index is 0.165. The third-order valence-corrected chi connectivity index (χ3v) is 2.08. The van der Waals surface area contributed by atoms with E-state index in [4.69, 9.17) is 10.5 Å². The van der Waals surface area contributed by atoms with Crippen LogP contribution in [0.2, 0.25) is 0 Å². The van der Waals surface area contributed by atoms with Gasteiger partial charge in [0.1, 0.15) is 6.61 Å². The van der Waals surface area contributed by atoms with E-state index in [0.717, 1.165) is 6.42 Å². The predicted octanol–water partition coefficient (Wildman–Crippen LogP) is -0.462. The molecule has 0 radical (unpaired) electrons. The molecule has 56 valence electrons. The molecule has 0 aliphatic carbocycles. The van der Waals surface area contributed by atoms with Crippen molar-refractivity contribution < 1.29 is 9.53 Å². The number of hydrogen-bond donors (Lipinski definition) is 1. The normalized spacial score (nSPS) is 38.1. The highest BCUT2D eigenvalue weighted by Gasteiger charge is 2.39. The quantitative estimate of drug-likeness (QED) is 0.498. The van der Waals surface area contributed by atoms with Crippen molar-refractivity contribution in [2.75, 3.05) is 13.2 Å². The lowest BCUT2D eigenvalue weighted by molar-refractivity contribution is 0.158. The van der Waals surface area contributed by atoms with Gasteiger partial charge in [0.25, 0.3) is 0 Å². The maximum atomic E-state index is 10.8. The van der Waals surface area contributed by atoms with Crippen LogP contribution in [0.3, 0.4) is 0 Å². The first-order valence-electron chi connectivity index (χ1n) is 3.46. The molecule has 4 heteroatoms. The molecule has 2 fully saturated rings. The number of carbonyl (C=O) groups is 1. The Balaban J connectivity index is 2.12. The fourth-order valence-electron chi connectivity index (χ4n) is 1.58. The van der Waals surface area contributed by atoms with E-state index >= 15 is 0 Å². The molecule has 0 saturated carbocycles. The van der Waals surface area contributed by atoms with Crippen molar-refractivity contribution in [3.05, 3.63) is 0 Å². The number of nitrogens with zero attached hydrogens (tertiary/aromatic N) is 1. The Hall–Kier alpha value is -0.770. The summed E-state index contributed by atoms with van der Waals surface area (Å²) in [4.78, 5) is 12.6. The number of carbonyl (C=O) groups excluding carboxylic acids is 1. The summed E-state index contributed by atoms with van der Waals surface area (Å²) in [7, 11) is 0. The average molecular weight is 142 g/mol. The molecular weight excluding hydrogens is 132 g/mol. The first-order chi connectivity index (χ1) is 4.77. The van der Waals surface area contributed by atoms with Crippen molar-refractivity contribution in [2.45, 2.75) is 18.5 Å². The predicted molar refractivity (Wildman–Crippen MR) is 34.4 cm³/mol. The highest BCUT2D eigenvalue weighted by Crippen LogP contribution is 2.22. The van der Waals surface area contributed by atoms with E-state index < -0.39 is 0 Å². The number of ether oxygens (including phenoxy) is 1. The van der Waals surface area contributed by atoms with Gasteiger partial charge >= 0.3 is 6.09 Å². The first-order valence-corrected chi connectivity index (χ1v) is 3.46. The Morgan fingerprint density at radius 3 is 3.20 bits per heavy atom. The maximum Gasteiger partial charge on any atom is 0.410 e. The van der Waals surface area contributed by atoms with Crippen LogP contribution in [-0.4, -0.2) is 36.2 Å². The molecule has 2 heterocycles. The molecule has 0 aromatic heterocycles. The molecule has 2 rings (SSSR count). The molecule has 0 aromatic carbocycles. The molecule has 4 nitrogen and oxygen atoms in total. The molecule has 10 heavy (non-hydrogen) atoms. The van der Waals surface area contributed by atoms with Crippen molar-refractivity contribution in [3.63, 3.8) is 0 Å². The van der Waals surface area contributed by atoms with E-state index in [1.807, 2.05) is 0 Å². The van der Waals surface area contributed by atoms with Gasteiger partial charge in [0.15, 0.2) is 0 Å². The van der Waals surface area contributed by atoms with Gasteiger partial charge in [0.2, 0.25) is 0 Å². The third kappa shape index (κ3) is 0.686. The van der Waals surface area contributed by atoms with Gasteiger partial charge in [-0.2, -0.15) is 0 Å². The van der Waals surface area contributed by atoms with Gasteiger partial charge in [-0.15, -0.1) is 0 Å². The second-order valence-corrected chi connectivity index (χ2v) is 2.88. The van der Waals surface area contributed by atoms with Gasteiger partial charge < -0.3 is 15.4 Å². The van der Waals surface area contributed by atoms with Crippen molar-refractivity contribution in [1.29, 1.82) is 0 Å². The lowest BCUT2D eigenvalue weighted by atomic mass is 10.2. The van der Waals surface area contributed by atoms with Crippen LogP contribution in [0.25, 0.3) is 0 Å². The van der Waals surface area contributed by atoms with Crippen molar-refractivity contribution in [1.82, 2.24) is 4.90 Å². The van der Waals surface area contributed by atoms with E-state index in [1.165, 1.54) is 0 Å². The summed E-state index contributed by atoms with van der Waals surface area (Å²) in [6.45, 7) is 1.20. The van der Waals surface area contributed by atoms with Crippen LogP contribution in [0.5, 0.6) is 0 Å². The zero-order chi connectivity index (χ0) is 7.14. The number of cyclic esters (lactones) is 1. The Labute approximate surface area is 58.9 Å². The highest BCUT2D eigenvalue weighted by atomic mass is 16.6. The zero-order valence-corrected chi connectivity index (χ0v) is 5.62. The number of hydrogen-bond acceptors (Lipinski definition) is 3. The van der Waals surface area contributed by atoms with Crippen LogP contribution in [0.1, 0.15) is 6.42 Å². The second-order valence-electron chi connectivity index (χ2n) is 2.88. The molecule has 0 aromatic rings. The number of rotatable bonds is 0. The summed E-state index contributed by atoms with van der Waals surface area (Å²) >= 11 is 0. The lowest BCUT2D eigenvalue weighted by Crippen LogP contribution is -2.29. The molecule has 0 spiro atoms. The van der Waals surface area contributed by atoms with E-state index in [0.29, 0.717) is 13.2 Å². The largest absolute Gasteiger partial charge is 0.447 e. The van der Waals surface area contributed by atoms with Gasteiger partial charge in [0.05, 0.1) is 6.04 Å². The van der Waals surface area contributed by atoms with Gasteiger partial charge in [-0.05, 0) is 6.42 Å². The van der Waals surface area contributed by atoms with Crippen LogP contribution in [-0.2, 0) is 4.74 Å². The summed E-state index contributed by atoms with van der Waals surface area (Å²) in [6.07, 6.45) is 0.698. The molecule has 2 aliphatic rings. The number of amides is 1. The molecule has 0 unspecified atom stereocenters. The van der Waals surface area contributed by atoms with Gasteiger partial charge in [-0.25, -0.2) is 4.79 Å². The van der Waals surface area contributed by atoms with Gasteiger partial charge in [0, 0.05) is 12.6 Å². The summed E-state index contributed by atoms with van der Waals surface area (Å²) in [6, 6.07) is 0.431.